The standard InChI is InChI=1S/C12H12FN3O2/c1-7-10(11(14)17)15(2)12(18)16(7)9-6-4-3-5-8(9)13/h3-6H,1-2H3,(H2,14,17). The zero-order valence-electron chi connectivity index (χ0n) is 9.98. The SMILES string of the molecule is Cc1c(C(N)=O)n(C)c(=O)n1-c1ccccc1F. The van der Waals surface area contributed by atoms with E-state index >= 15 is 0 Å². The van der Waals surface area contributed by atoms with E-state index in [4.69, 9.17) is 5.73 Å². The van der Waals surface area contributed by atoms with Crippen LogP contribution in [0, 0.1) is 12.7 Å². The Labute approximate surface area is 102 Å². The zero-order valence-corrected chi connectivity index (χ0v) is 9.98. The number of imidazole rings is 1. The van der Waals surface area contributed by atoms with Crippen LogP contribution in [-0.4, -0.2) is 15.0 Å². The maximum atomic E-state index is 13.7. The van der Waals surface area contributed by atoms with Crippen molar-refractivity contribution >= 4 is 5.91 Å². The predicted molar refractivity (Wildman–Crippen MR) is 64.2 cm³/mol. The summed E-state index contributed by atoms with van der Waals surface area (Å²) < 4.78 is 15.9. The summed E-state index contributed by atoms with van der Waals surface area (Å²) in [5.41, 5.74) is 5.19. The van der Waals surface area contributed by atoms with Crippen molar-refractivity contribution in [2.45, 2.75) is 6.92 Å². The second-order valence-corrected chi connectivity index (χ2v) is 3.93. The maximum absolute atomic E-state index is 13.7. The molecule has 0 unspecified atom stereocenters. The Morgan fingerprint density at radius 2 is 1.94 bits per heavy atom. The van der Waals surface area contributed by atoms with Gasteiger partial charge in [-0.2, -0.15) is 0 Å². The van der Waals surface area contributed by atoms with Crippen LogP contribution in [0.2, 0.25) is 0 Å². The lowest BCUT2D eigenvalue weighted by atomic mass is 10.2. The van der Waals surface area contributed by atoms with Gasteiger partial charge in [0.15, 0.2) is 0 Å². The summed E-state index contributed by atoms with van der Waals surface area (Å²) in [7, 11) is 1.42. The molecule has 0 saturated heterocycles. The molecular formula is C12H12FN3O2. The summed E-state index contributed by atoms with van der Waals surface area (Å²) in [5.74, 6) is -1.26. The van der Waals surface area contributed by atoms with Gasteiger partial charge in [-0.05, 0) is 19.1 Å². The van der Waals surface area contributed by atoms with Crippen LogP contribution in [0.1, 0.15) is 16.2 Å². The molecule has 0 fully saturated rings. The van der Waals surface area contributed by atoms with Gasteiger partial charge in [0.25, 0.3) is 5.91 Å². The monoisotopic (exact) mass is 249 g/mol. The third-order valence-corrected chi connectivity index (χ3v) is 2.82. The van der Waals surface area contributed by atoms with Gasteiger partial charge in [0.05, 0.1) is 11.4 Å². The molecule has 2 N–H and O–H groups in total. The van der Waals surface area contributed by atoms with Crippen LogP contribution in [0.25, 0.3) is 5.69 Å². The summed E-state index contributed by atoms with van der Waals surface area (Å²) >= 11 is 0. The van der Waals surface area contributed by atoms with Crippen molar-refractivity contribution < 1.29 is 9.18 Å². The Bertz CT molecular complexity index is 685. The molecule has 1 amide bonds. The molecule has 5 nitrogen and oxygen atoms in total. The van der Waals surface area contributed by atoms with Crippen molar-refractivity contribution in [3.63, 3.8) is 0 Å². The largest absolute Gasteiger partial charge is 0.364 e. The number of hydrogen-bond donors (Lipinski definition) is 1. The molecule has 94 valence electrons. The Balaban J connectivity index is 2.83. The van der Waals surface area contributed by atoms with Crippen LogP contribution in [-0.2, 0) is 7.05 Å². The van der Waals surface area contributed by atoms with Crippen LogP contribution in [0.5, 0.6) is 0 Å². The predicted octanol–water partition coefficient (Wildman–Crippen LogP) is 0.722. The fraction of sp³-hybridized carbons (Fsp3) is 0.167. The first-order chi connectivity index (χ1) is 8.45. The van der Waals surface area contributed by atoms with Gasteiger partial charge in [-0.25, -0.2) is 9.18 Å². The van der Waals surface area contributed by atoms with E-state index in [9.17, 15) is 14.0 Å². The summed E-state index contributed by atoms with van der Waals surface area (Å²) in [6.45, 7) is 1.55. The van der Waals surface area contributed by atoms with Crippen molar-refractivity contribution in [2.24, 2.45) is 12.8 Å². The molecule has 0 radical (unpaired) electrons. The number of nitrogens with two attached hydrogens (primary N) is 1. The number of carbonyl (C=O) groups is 1. The van der Waals surface area contributed by atoms with Crippen LogP contribution in [0.15, 0.2) is 29.1 Å². The first kappa shape index (κ1) is 12.1. The van der Waals surface area contributed by atoms with Gasteiger partial charge in [-0.15, -0.1) is 0 Å². The lowest BCUT2D eigenvalue weighted by Gasteiger charge is -2.05. The highest BCUT2D eigenvalue weighted by Gasteiger charge is 2.20. The molecule has 2 aromatic rings. The number of benzene rings is 1. The van der Waals surface area contributed by atoms with Crippen LogP contribution in [0.3, 0.4) is 0 Å². The number of nitrogens with zero attached hydrogens (tertiary/aromatic N) is 2. The maximum Gasteiger partial charge on any atom is 0.333 e. The molecule has 1 aromatic heterocycles. The highest BCUT2D eigenvalue weighted by atomic mass is 19.1. The normalized spacial score (nSPS) is 10.6. The summed E-state index contributed by atoms with van der Waals surface area (Å²) in [5, 5.41) is 0. The average Bonchev–Trinajstić information content (AvgIpc) is 2.52. The molecule has 0 spiro atoms. The lowest BCUT2D eigenvalue weighted by molar-refractivity contribution is 0.0991. The molecule has 2 rings (SSSR count). The van der Waals surface area contributed by atoms with Gasteiger partial charge in [0.2, 0.25) is 0 Å². The summed E-state index contributed by atoms with van der Waals surface area (Å²) in [6.07, 6.45) is 0. The van der Waals surface area contributed by atoms with Crippen LogP contribution < -0.4 is 11.4 Å². The topological polar surface area (TPSA) is 70.0 Å². The zero-order chi connectivity index (χ0) is 13.4. The quantitative estimate of drug-likeness (QED) is 0.852. The third-order valence-electron chi connectivity index (χ3n) is 2.82. The number of amides is 1. The molecule has 18 heavy (non-hydrogen) atoms. The van der Waals surface area contributed by atoms with Gasteiger partial charge >= 0.3 is 5.69 Å². The molecular weight excluding hydrogens is 237 g/mol. The minimum absolute atomic E-state index is 0.0725. The Hall–Kier alpha value is -2.37. The number of aromatic nitrogens is 2. The van der Waals surface area contributed by atoms with E-state index in [1.807, 2.05) is 0 Å². The number of halogens is 1. The number of primary amides is 1. The molecule has 0 aliphatic heterocycles. The van der Waals surface area contributed by atoms with E-state index in [1.165, 1.54) is 25.2 Å². The van der Waals surface area contributed by atoms with Crippen molar-refractivity contribution in [2.75, 3.05) is 0 Å². The second kappa shape index (κ2) is 4.14. The molecule has 1 aromatic carbocycles. The average molecular weight is 249 g/mol. The van der Waals surface area contributed by atoms with Gasteiger partial charge in [-0.3, -0.25) is 13.9 Å². The van der Waals surface area contributed by atoms with E-state index < -0.39 is 17.4 Å². The molecule has 0 atom stereocenters. The third kappa shape index (κ3) is 1.62. The first-order valence-corrected chi connectivity index (χ1v) is 5.28. The summed E-state index contributed by atoms with van der Waals surface area (Å²) in [4.78, 5) is 23.3. The smallest absolute Gasteiger partial charge is 0.333 e. The summed E-state index contributed by atoms with van der Waals surface area (Å²) in [6, 6.07) is 5.85. The molecule has 6 heteroatoms. The van der Waals surface area contributed by atoms with Crippen molar-refractivity contribution in [1.82, 2.24) is 9.13 Å². The van der Waals surface area contributed by atoms with Gasteiger partial charge < -0.3 is 5.73 Å². The Kier molecular flexibility index (Phi) is 2.78. The van der Waals surface area contributed by atoms with E-state index in [0.717, 1.165) is 9.13 Å². The molecule has 0 aliphatic carbocycles. The van der Waals surface area contributed by atoms with Gasteiger partial charge in [-0.1, -0.05) is 12.1 Å². The number of carbonyl (C=O) groups excluding carboxylic acids is 1. The van der Waals surface area contributed by atoms with Gasteiger partial charge in [0.1, 0.15) is 11.5 Å². The molecule has 0 bridgehead atoms. The highest BCUT2D eigenvalue weighted by Crippen LogP contribution is 2.15. The van der Waals surface area contributed by atoms with Gasteiger partial charge in [0, 0.05) is 7.05 Å². The first-order valence-electron chi connectivity index (χ1n) is 5.28. The van der Waals surface area contributed by atoms with Crippen molar-refractivity contribution in [3.8, 4) is 5.69 Å². The van der Waals surface area contributed by atoms with Crippen LogP contribution in [0.4, 0.5) is 4.39 Å². The van der Waals surface area contributed by atoms with E-state index in [2.05, 4.69) is 0 Å². The number of hydrogen-bond acceptors (Lipinski definition) is 2. The lowest BCUT2D eigenvalue weighted by Crippen LogP contribution is -2.24. The number of para-hydroxylation sites is 1. The molecule has 0 aliphatic rings. The molecule has 1 heterocycles. The molecule has 0 saturated carbocycles. The van der Waals surface area contributed by atoms with E-state index in [0.29, 0.717) is 5.69 Å². The van der Waals surface area contributed by atoms with Crippen molar-refractivity contribution in [1.29, 1.82) is 0 Å². The van der Waals surface area contributed by atoms with E-state index in [1.54, 1.807) is 13.0 Å². The highest BCUT2D eigenvalue weighted by molar-refractivity contribution is 5.92. The minimum atomic E-state index is -0.720. The fourth-order valence-corrected chi connectivity index (χ4v) is 2.00. The second-order valence-electron chi connectivity index (χ2n) is 3.93. The minimum Gasteiger partial charge on any atom is -0.364 e. The van der Waals surface area contributed by atoms with E-state index in [-0.39, 0.29) is 11.4 Å². The van der Waals surface area contributed by atoms with Crippen LogP contribution >= 0.6 is 0 Å². The Morgan fingerprint density at radius 3 is 2.44 bits per heavy atom. The Morgan fingerprint density at radius 1 is 1.33 bits per heavy atom. The number of rotatable bonds is 2. The van der Waals surface area contributed by atoms with Crippen molar-refractivity contribution in [3.05, 3.63) is 52.0 Å². The fourth-order valence-electron chi connectivity index (χ4n) is 2.00.